The number of aliphatic carboxylic acids is 1. The van der Waals surface area contributed by atoms with E-state index in [0.29, 0.717) is 13.1 Å². The summed E-state index contributed by atoms with van der Waals surface area (Å²) in [6, 6.07) is 0. The summed E-state index contributed by atoms with van der Waals surface area (Å²) < 4.78 is 0. The maximum absolute atomic E-state index is 11.7. The Labute approximate surface area is 109 Å². The predicted octanol–water partition coefficient (Wildman–Crippen LogP) is 1.45. The number of carboxylic acid groups (broad SMARTS) is 1. The fraction of sp³-hybridized carbons (Fsp3) is 0.583. The molecule has 2 rings (SSSR count). The minimum atomic E-state index is -0.887. The minimum Gasteiger partial charge on any atom is -0.481 e. The van der Waals surface area contributed by atoms with Crippen LogP contribution in [0.1, 0.15) is 28.9 Å². The third-order valence-corrected chi connectivity index (χ3v) is 4.12. The van der Waals surface area contributed by atoms with Crippen molar-refractivity contribution in [2.45, 2.75) is 33.2 Å². The van der Waals surface area contributed by atoms with Crippen molar-refractivity contribution in [1.82, 2.24) is 9.88 Å². The molecule has 1 aromatic heterocycles. The zero-order chi connectivity index (χ0) is 13.3. The van der Waals surface area contributed by atoms with Gasteiger partial charge in [0.1, 0.15) is 0 Å². The lowest BCUT2D eigenvalue weighted by Crippen LogP contribution is -2.25. The second-order valence-corrected chi connectivity index (χ2v) is 5.76. The van der Waals surface area contributed by atoms with Crippen molar-refractivity contribution in [3.63, 3.8) is 0 Å². The van der Waals surface area contributed by atoms with Crippen molar-refractivity contribution in [3.8, 4) is 0 Å². The van der Waals surface area contributed by atoms with Gasteiger partial charge in [0.15, 0.2) is 0 Å². The van der Waals surface area contributed by atoms with E-state index in [4.69, 9.17) is 5.11 Å². The van der Waals surface area contributed by atoms with Crippen LogP contribution >= 0.6 is 11.3 Å². The van der Waals surface area contributed by atoms with Crippen LogP contribution in [0.5, 0.6) is 0 Å². The zero-order valence-corrected chi connectivity index (χ0v) is 11.3. The number of carboxylic acids is 1. The van der Waals surface area contributed by atoms with Gasteiger partial charge in [-0.2, -0.15) is 0 Å². The molecule has 1 fully saturated rings. The molecule has 0 saturated carbocycles. The first-order valence-corrected chi connectivity index (χ1v) is 6.78. The number of carbonyl (C=O) groups excluding carboxylic acids is 1. The number of nitrogens with zero attached hydrogens (tertiary/aromatic N) is 2. The van der Waals surface area contributed by atoms with Crippen LogP contribution in [0.15, 0.2) is 0 Å². The predicted molar refractivity (Wildman–Crippen MR) is 67.4 cm³/mol. The molecule has 0 spiro atoms. The fourth-order valence-corrected chi connectivity index (χ4v) is 3.22. The summed E-state index contributed by atoms with van der Waals surface area (Å²) in [4.78, 5) is 29.8. The average Bonchev–Trinajstić information content (AvgIpc) is 2.84. The SMILES string of the molecule is CCc1nc(C)sc1CN1C[C@@H](C(=O)O)CC1=O. The molecule has 5 nitrogen and oxygen atoms in total. The smallest absolute Gasteiger partial charge is 0.308 e. The van der Waals surface area contributed by atoms with Crippen LogP contribution in [0.3, 0.4) is 0 Å². The molecule has 2 heterocycles. The number of likely N-dealkylation sites (tertiary alicyclic amines) is 1. The van der Waals surface area contributed by atoms with E-state index in [9.17, 15) is 9.59 Å². The molecule has 0 radical (unpaired) electrons. The molecular weight excluding hydrogens is 252 g/mol. The van der Waals surface area contributed by atoms with E-state index >= 15 is 0 Å². The van der Waals surface area contributed by atoms with Crippen molar-refractivity contribution in [2.24, 2.45) is 5.92 Å². The van der Waals surface area contributed by atoms with Gasteiger partial charge in [0, 0.05) is 17.8 Å². The Morgan fingerprint density at radius 3 is 2.89 bits per heavy atom. The van der Waals surface area contributed by atoms with Crippen LogP contribution in [-0.2, 0) is 22.6 Å². The van der Waals surface area contributed by atoms with Crippen molar-refractivity contribution in [2.75, 3.05) is 6.54 Å². The molecule has 0 bridgehead atoms. The molecule has 6 heteroatoms. The van der Waals surface area contributed by atoms with Crippen molar-refractivity contribution in [3.05, 3.63) is 15.6 Å². The van der Waals surface area contributed by atoms with Crippen molar-refractivity contribution in [1.29, 1.82) is 0 Å². The highest BCUT2D eigenvalue weighted by atomic mass is 32.1. The van der Waals surface area contributed by atoms with Crippen LogP contribution in [0.25, 0.3) is 0 Å². The Hall–Kier alpha value is -1.43. The standard InChI is InChI=1S/C12H16N2O3S/c1-3-9-10(18-7(2)13-9)6-14-5-8(12(16)17)4-11(14)15/h8H,3-6H2,1-2H3,(H,16,17)/t8-/m0/s1. The van der Waals surface area contributed by atoms with Gasteiger partial charge in [-0.25, -0.2) is 4.98 Å². The fourth-order valence-electron chi connectivity index (χ4n) is 2.18. The number of hydrogen-bond donors (Lipinski definition) is 1. The molecule has 18 heavy (non-hydrogen) atoms. The lowest BCUT2D eigenvalue weighted by atomic mass is 10.1. The first-order chi connectivity index (χ1) is 8.51. The quantitative estimate of drug-likeness (QED) is 0.897. The van der Waals surface area contributed by atoms with Crippen LogP contribution in [0, 0.1) is 12.8 Å². The Morgan fingerprint density at radius 2 is 2.33 bits per heavy atom. The molecule has 1 atom stereocenters. The summed E-state index contributed by atoms with van der Waals surface area (Å²) in [5.41, 5.74) is 1.02. The van der Waals surface area contributed by atoms with Gasteiger partial charge in [0.05, 0.1) is 23.2 Å². The van der Waals surface area contributed by atoms with E-state index in [1.807, 2.05) is 13.8 Å². The Morgan fingerprint density at radius 1 is 1.61 bits per heavy atom. The first kappa shape index (κ1) is 13.0. The highest BCUT2D eigenvalue weighted by Crippen LogP contribution is 2.25. The van der Waals surface area contributed by atoms with Crippen molar-refractivity contribution >= 4 is 23.2 Å². The first-order valence-electron chi connectivity index (χ1n) is 5.97. The van der Waals surface area contributed by atoms with Crippen LogP contribution in [-0.4, -0.2) is 33.4 Å². The second-order valence-electron chi connectivity index (χ2n) is 4.47. The summed E-state index contributed by atoms with van der Waals surface area (Å²) >= 11 is 1.59. The zero-order valence-electron chi connectivity index (χ0n) is 10.5. The molecule has 0 aromatic carbocycles. The second kappa shape index (κ2) is 5.06. The number of aryl methyl sites for hydroxylation is 2. The summed E-state index contributed by atoms with van der Waals surface area (Å²) in [6.45, 7) is 4.79. The molecular formula is C12H16N2O3S. The molecule has 1 amide bonds. The van der Waals surface area contributed by atoms with Gasteiger partial charge in [-0.05, 0) is 13.3 Å². The maximum Gasteiger partial charge on any atom is 0.308 e. The van der Waals surface area contributed by atoms with Gasteiger partial charge in [-0.3, -0.25) is 9.59 Å². The Balaban J connectivity index is 2.10. The largest absolute Gasteiger partial charge is 0.481 e. The van der Waals surface area contributed by atoms with Gasteiger partial charge in [-0.15, -0.1) is 11.3 Å². The van der Waals surface area contributed by atoms with Crippen molar-refractivity contribution < 1.29 is 14.7 Å². The molecule has 0 unspecified atom stereocenters. The van der Waals surface area contributed by atoms with E-state index in [1.54, 1.807) is 16.2 Å². The van der Waals surface area contributed by atoms with Crippen LogP contribution in [0.2, 0.25) is 0 Å². The summed E-state index contributed by atoms with van der Waals surface area (Å²) in [6.07, 6.45) is 0.957. The molecule has 1 saturated heterocycles. The van der Waals surface area contributed by atoms with Crippen LogP contribution in [0.4, 0.5) is 0 Å². The van der Waals surface area contributed by atoms with E-state index in [2.05, 4.69) is 4.98 Å². The minimum absolute atomic E-state index is 0.0736. The molecule has 1 aliphatic rings. The number of thiazole rings is 1. The third-order valence-electron chi connectivity index (χ3n) is 3.12. The van der Waals surface area contributed by atoms with Crippen LogP contribution < -0.4 is 0 Å². The number of aromatic nitrogens is 1. The third kappa shape index (κ3) is 2.53. The lowest BCUT2D eigenvalue weighted by molar-refractivity contribution is -0.141. The summed E-state index contributed by atoms with van der Waals surface area (Å²) in [5, 5.41) is 9.92. The normalized spacial score (nSPS) is 19.6. The molecule has 1 N–H and O–H groups in total. The lowest BCUT2D eigenvalue weighted by Gasteiger charge is -2.15. The average molecular weight is 268 g/mol. The number of hydrogen-bond acceptors (Lipinski definition) is 4. The molecule has 98 valence electrons. The van der Waals surface area contributed by atoms with E-state index in [0.717, 1.165) is 22.0 Å². The number of amides is 1. The Bertz CT molecular complexity index is 484. The Kier molecular flexibility index (Phi) is 3.65. The summed E-state index contributed by atoms with van der Waals surface area (Å²) in [5.74, 6) is -1.52. The molecule has 1 aromatic rings. The number of rotatable bonds is 4. The highest BCUT2D eigenvalue weighted by Gasteiger charge is 2.34. The number of carbonyl (C=O) groups is 2. The van der Waals surface area contributed by atoms with Gasteiger partial charge in [-0.1, -0.05) is 6.92 Å². The van der Waals surface area contributed by atoms with Gasteiger partial charge < -0.3 is 10.0 Å². The highest BCUT2D eigenvalue weighted by molar-refractivity contribution is 7.11. The monoisotopic (exact) mass is 268 g/mol. The maximum atomic E-state index is 11.7. The van der Waals surface area contributed by atoms with E-state index < -0.39 is 11.9 Å². The topological polar surface area (TPSA) is 70.5 Å². The van der Waals surface area contributed by atoms with Gasteiger partial charge in [0.25, 0.3) is 0 Å². The molecule has 1 aliphatic heterocycles. The van der Waals surface area contributed by atoms with Gasteiger partial charge >= 0.3 is 5.97 Å². The van der Waals surface area contributed by atoms with E-state index in [1.165, 1.54) is 0 Å². The van der Waals surface area contributed by atoms with E-state index in [-0.39, 0.29) is 12.3 Å². The molecule has 0 aliphatic carbocycles. The summed E-state index contributed by atoms with van der Waals surface area (Å²) in [7, 11) is 0. The van der Waals surface area contributed by atoms with Gasteiger partial charge in [0.2, 0.25) is 5.91 Å².